The average Bonchev–Trinajstić information content (AvgIpc) is 3.52. The second-order valence-electron chi connectivity index (χ2n) is 9.07. The Kier molecular flexibility index (Phi) is 5.74. The summed E-state index contributed by atoms with van der Waals surface area (Å²) in [6, 6.07) is 8.82. The number of imidazole rings is 1. The molecule has 6 atom stereocenters. The zero-order valence-electron chi connectivity index (χ0n) is 19.8. The minimum absolute atomic E-state index is 0.00726. The van der Waals surface area contributed by atoms with Crippen molar-refractivity contribution < 1.29 is 37.1 Å². The Morgan fingerprint density at radius 3 is 3.05 bits per heavy atom. The van der Waals surface area contributed by atoms with Crippen molar-refractivity contribution in [2.75, 3.05) is 18.9 Å². The van der Waals surface area contributed by atoms with Gasteiger partial charge in [0.05, 0.1) is 37.3 Å². The predicted molar refractivity (Wildman–Crippen MR) is 125 cm³/mol. The Labute approximate surface area is 214 Å². The molecule has 3 fully saturated rings. The molecule has 198 valence electrons. The maximum absolute atomic E-state index is 13.3. The van der Waals surface area contributed by atoms with E-state index in [2.05, 4.69) is 21.0 Å². The number of phosphoric ester groups is 1. The number of nitrogens with one attached hydrogen (secondary N) is 1. The lowest BCUT2D eigenvalue weighted by atomic mass is 9.96. The molecule has 0 bridgehead atoms. The van der Waals surface area contributed by atoms with Crippen LogP contribution < -0.4 is 11.3 Å². The van der Waals surface area contributed by atoms with Crippen LogP contribution in [0.1, 0.15) is 36.8 Å². The molecule has 6 rings (SSSR count). The molecule has 2 aromatic heterocycles. The number of benzene rings is 1. The van der Waals surface area contributed by atoms with E-state index in [4.69, 9.17) is 33.5 Å². The summed E-state index contributed by atoms with van der Waals surface area (Å²) in [5, 5.41) is 9.17. The summed E-state index contributed by atoms with van der Waals surface area (Å²) >= 11 is 0. The number of fused-ring (bicyclic) bond motifs is 2. The molecule has 16 heteroatoms. The van der Waals surface area contributed by atoms with Crippen LogP contribution in [0.25, 0.3) is 11.2 Å². The van der Waals surface area contributed by atoms with Gasteiger partial charge in [-0.25, -0.2) is 14.3 Å². The molecule has 3 saturated heterocycles. The second-order valence-corrected chi connectivity index (χ2v) is 10.7. The Morgan fingerprint density at radius 1 is 1.39 bits per heavy atom. The van der Waals surface area contributed by atoms with E-state index >= 15 is 0 Å². The quantitative estimate of drug-likeness (QED) is 0.349. The van der Waals surface area contributed by atoms with Gasteiger partial charge in [-0.1, -0.05) is 12.1 Å². The lowest BCUT2D eigenvalue weighted by Crippen LogP contribution is -2.42. The number of phosphoric acid groups is 1. The van der Waals surface area contributed by atoms with Crippen molar-refractivity contribution in [3.05, 3.63) is 52.1 Å². The molecule has 3 aromatic rings. The molecule has 0 amide bonds. The zero-order chi connectivity index (χ0) is 26.7. The third-order valence-corrected chi connectivity index (χ3v) is 8.07. The number of nitrogens with zero attached hydrogens (tertiary/aromatic N) is 4. The highest BCUT2D eigenvalue weighted by Gasteiger charge is 2.64. The topological polar surface area (TPSA) is 203 Å². The third kappa shape index (κ3) is 4.03. The van der Waals surface area contributed by atoms with Crippen molar-refractivity contribution >= 4 is 31.1 Å². The van der Waals surface area contributed by atoms with E-state index in [1.165, 1.54) is 10.9 Å². The fourth-order valence-corrected chi connectivity index (χ4v) is 6.25. The highest BCUT2D eigenvalue weighted by Crippen LogP contribution is 2.58. The number of nitrogens with two attached hydrogens (primary N) is 1. The van der Waals surface area contributed by atoms with E-state index in [-0.39, 0.29) is 30.3 Å². The first-order chi connectivity index (χ1) is 18.2. The van der Waals surface area contributed by atoms with Crippen LogP contribution in [0.2, 0.25) is 0 Å². The summed E-state index contributed by atoms with van der Waals surface area (Å²) < 4.78 is 48.3. The number of hydrogen-bond acceptors (Lipinski definition) is 13. The maximum Gasteiger partial charge on any atom is 0.509 e. The summed E-state index contributed by atoms with van der Waals surface area (Å²) in [6.07, 6.45) is -2.82. The minimum atomic E-state index is -4.05. The number of nitrogen functional groups attached to an aromatic ring is 1. The number of carbonyl (C=O) groups is 1. The fraction of sp³-hybridized carbons (Fsp3) is 0.409. The van der Waals surface area contributed by atoms with E-state index in [1.807, 2.05) is 0 Å². The van der Waals surface area contributed by atoms with E-state index in [1.54, 1.807) is 31.2 Å². The van der Waals surface area contributed by atoms with Crippen molar-refractivity contribution in [3.63, 3.8) is 0 Å². The van der Waals surface area contributed by atoms with Crippen LogP contribution in [0.3, 0.4) is 0 Å². The number of aromatic nitrogens is 4. The summed E-state index contributed by atoms with van der Waals surface area (Å²) in [5.74, 6) is -0.136. The number of rotatable bonds is 5. The number of hydrogen-bond donors (Lipinski definition) is 2. The van der Waals surface area contributed by atoms with Crippen LogP contribution in [0.4, 0.5) is 10.7 Å². The van der Waals surface area contributed by atoms with Crippen molar-refractivity contribution in [1.29, 1.82) is 5.26 Å². The summed E-state index contributed by atoms with van der Waals surface area (Å²) in [4.78, 5) is 34.9. The van der Waals surface area contributed by atoms with Crippen molar-refractivity contribution in [1.82, 2.24) is 19.5 Å². The molecule has 0 saturated carbocycles. The van der Waals surface area contributed by atoms with Gasteiger partial charge in [0.25, 0.3) is 5.56 Å². The molecule has 3 aliphatic heterocycles. The first-order valence-electron chi connectivity index (χ1n) is 11.5. The smallest absolute Gasteiger partial charge is 0.424 e. The van der Waals surface area contributed by atoms with Gasteiger partial charge in [0.2, 0.25) is 5.95 Å². The van der Waals surface area contributed by atoms with Crippen molar-refractivity contribution in [2.45, 2.75) is 43.5 Å². The van der Waals surface area contributed by atoms with E-state index in [0.29, 0.717) is 17.5 Å². The molecular weight excluding hydrogens is 523 g/mol. The monoisotopic (exact) mass is 544 g/mol. The zero-order valence-corrected chi connectivity index (χ0v) is 20.7. The second kappa shape index (κ2) is 8.90. The Morgan fingerprint density at radius 2 is 2.24 bits per heavy atom. The first-order valence-corrected chi connectivity index (χ1v) is 13.0. The average molecular weight is 544 g/mol. The van der Waals surface area contributed by atoms with Gasteiger partial charge < -0.3 is 19.9 Å². The van der Waals surface area contributed by atoms with Crippen LogP contribution in [-0.4, -0.2) is 56.7 Å². The summed E-state index contributed by atoms with van der Waals surface area (Å²) in [7, 11) is -4.05. The van der Waals surface area contributed by atoms with Gasteiger partial charge in [-0.15, -0.1) is 0 Å². The summed E-state index contributed by atoms with van der Waals surface area (Å²) in [5.41, 5.74) is 4.99. The lowest BCUT2D eigenvalue weighted by Gasteiger charge is -2.30. The number of nitriles is 1. The van der Waals surface area contributed by atoms with Gasteiger partial charge >= 0.3 is 14.0 Å². The fourth-order valence-electron chi connectivity index (χ4n) is 4.85. The molecule has 0 unspecified atom stereocenters. The van der Waals surface area contributed by atoms with Crippen LogP contribution in [-0.2, 0) is 32.3 Å². The summed E-state index contributed by atoms with van der Waals surface area (Å²) in [6.45, 7) is 1.33. The van der Waals surface area contributed by atoms with Crippen LogP contribution >= 0.6 is 7.82 Å². The van der Waals surface area contributed by atoms with Gasteiger partial charge in [0.15, 0.2) is 29.1 Å². The van der Waals surface area contributed by atoms with Gasteiger partial charge in [0.1, 0.15) is 6.10 Å². The molecule has 3 N–H and O–H groups in total. The van der Waals surface area contributed by atoms with Crippen molar-refractivity contribution in [2.24, 2.45) is 0 Å². The molecule has 0 aliphatic carbocycles. The molecular formula is C22H21N6O9P. The van der Waals surface area contributed by atoms with E-state index < -0.39 is 49.7 Å². The Balaban J connectivity index is 1.24. The number of ether oxygens (including phenoxy) is 3. The Hall–Kier alpha value is -3.80. The van der Waals surface area contributed by atoms with Crippen LogP contribution in [0.5, 0.6) is 0 Å². The lowest BCUT2D eigenvalue weighted by molar-refractivity contribution is -0.0925. The number of aromatic amines is 1. The van der Waals surface area contributed by atoms with Gasteiger partial charge in [-0.2, -0.15) is 10.2 Å². The molecule has 0 radical (unpaired) electrons. The van der Waals surface area contributed by atoms with Crippen molar-refractivity contribution in [3.8, 4) is 6.07 Å². The van der Waals surface area contributed by atoms with E-state index in [0.717, 1.165) is 0 Å². The third-order valence-electron chi connectivity index (χ3n) is 6.60. The molecule has 5 heterocycles. The Bertz CT molecular complexity index is 1580. The molecule has 3 aliphatic rings. The number of carbonyl (C=O) groups excluding carboxylic acids is 1. The molecule has 1 aromatic carbocycles. The normalized spacial score (nSPS) is 32.5. The van der Waals surface area contributed by atoms with E-state index in [9.17, 15) is 19.4 Å². The molecule has 38 heavy (non-hydrogen) atoms. The molecule has 15 nitrogen and oxygen atoms in total. The van der Waals surface area contributed by atoms with Crippen LogP contribution in [0.15, 0.2) is 35.4 Å². The maximum atomic E-state index is 13.3. The minimum Gasteiger partial charge on any atom is -0.424 e. The first kappa shape index (κ1) is 24.5. The highest BCUT2D eigenvalue weighted by atomic mass is 31.2. The van der Waals surface area contributed by atoms with Gasteiger partial charge in [0, 0.05) is 6.42 Å². The van der Waals surface area contributed by atoms with Gasteiger partial charge in [-0.05, 0) is 24.6 Å². The highest BCUT2D eigenvalue weighted by molar-refractivity contribution is 7.48. The predicted octanol–water partition coefficient (Wildman–Crippen LogP) is 2.07. The number of anilines is 1. The van der Waals surface area contributed by atoms with Crippen LogP contribution in [0, 0.1) is 11.3 Å². The SMILES string of the molecule is C[C@@]12OC(=O)O[C@@H]1[C@@H](CO[P@@]1(=O)OCC[C@@H](c3cccc(C#N)c3)O1)O[C@H]2n1cnc2c(=O)[nH]c(N)nc21. The standard InChI is InChI=1S/C22H21N6O9P/c1-22-16(35-21(30)36-22)14(34-19(22)28-10-25-15-17(28)26-20(24)27-18(15)29)9-33-38(31)32-6-5-13(37-38)12-4-2-3-11(7-12)8-23/h2-4,7,10,13-14,16,19H,5-6,9H2,1H3,(H3,24,26,27,29)/t13-,14+,16+,19+,22+,38+/m0/s1. The van der Waals surface area contributed by atoms with Gasteiger partial charge in [-0.3, -0.25) is 27.9 Å². The largest absolute Gasteiger partial charge is 0.509 e. The molecule has 0 spiro atoms. The number of H-pyrrole nitrogens is 1.